The van der Waals surface area contributed by atoms with Gasteiger partial charge in [-0.2, -0.15) is 0 Å². The zero-order valence-corrected chi connectivity index (χ0v) is 21.7. The molecule has 1 fully saturated rings. The molecular weight excluding hydrogens is 462 g/mol. The second-order valence-electron chi connectivity index (χ2n) is 9.21. The van der Waals surface area contributed by atoms with Crippen molar-refractivity contribution < 1.29 is 14.3 Å². The van der Waals surface area contributed by atoms with Gasteiger partial charge in [-0.3, -0.25) is 9.59 Å². The third-order valence-corrected chi connectivity index (χ3v) is 7.58. The van der Waals surface area contributed by atoms with Crippen LogP contribution in [0.5, 0.6) is 0 Å². The minimum Gasteiger partial charge on any atom is -0.376 e. The van der Waals surface area contributed by atoms with E-state index in [-0.39, 0.29) is 30.0 Å². The van der Waals surface area contributed by atoms with Crippen molar-refractivity contribution in [3.05, 3.63) is 58.2 Å². The standard InChI is InChI=1S/C26H33N5O3S/c1-16-7-8-20(12-17(16)2)31-18(3)13-22(19(31)4)23(32)15-35-26-29-28-25(10-9-24(27)33)30(26)14-21-6-5-11-34-21/h7-8,12-13,21H,5-6,9-11,14-15H2,1-4H3,(H2,27,33)/t21-/m0/s1. The SMILES string of the molecule is Cc1ccc(-n2c(C)cc(C(=O)CSc3nnc(CCC(N)=O)n3C[C@@H]3CCCO3)c2C)cc1C. The summed E-state index contributed by atoms with van der Waals surface area (Å²) in [6.45, 7) is 9.56. The van der Waals surface area contributed by atoms with Crippen LogP contribution in [0, 0.1) is 27.7 Å². The number of aryl methyl sites for hydroxylation is 4. The number of carbonyl (C=O) groups is 2. The fraction of sp³-hybridized carbons (Fsp3) is 0.462. The number of nitrogens with two attached hydrogens (primary N) is 1. The lowest BCUT2D eigenvalue weighted by Gasteiger charge is -2.14. The molecule has 0 unspecified atom stereocenters. The minimum absolute atomic E-state index is 0.0449. The molecule has 1 amide bonds. The van der Waals surface area contributed by atoms with Crippen LogP contribution >= 0.6 is 11.8 Å². The first kappa shape index (κ1) is 25.2. The van der Waals surface area contributed by atoms with Crippen molar-refractivity contribution in [1.82, 2.24) is 19.3 Å². The van der Waals surface area contributed by atoms with Gasteiger partial charge in [0.15, 0.2) is 10.9 Å². The van der Waals surface area contributed by atoms with Crippen molar-refractivity contribution in [1.29, 1.82) is 0 Å². The molecule has 3 heterocycles. The van der Waals surface area contributed by atoms with E-state index >= 15 is 0 Å². The summed E-state index contributed by atoms with van der Waals surface area (Å²) in [5.74, 6) is 0.613. The second-order valence-corrected chi connectivity index (χ2v) is 10.2. The summed E-state index contributed by atoms with van der Waals surface area (Å²) < 4.78 is 9.91. The lowest BCUT2D eigenvalue weighted by atomic mass is 10.1. The second kappa shape index (κ2) is 10.8. The molecule has 0 bridgehead atoms. The molecule has 1 saturated heterocycles. The number of hydrogen-bond acceptors (Lipinski definition) is 6. The zero-order chi connectivity index (χ0) is 25.1. The number of hydrogen-bond donors (Lipinski definition) is 1. The molecule has 2 N–H and O–H groups in total. The molecule has 1 aliphatic rings. The maximum absolute atomic E-state index is 13.3. The van der Waals surface area contributed by atoms with E-state index in [9.17, 15) is 9.59 Å². The van der Waals surface area contributed by atoms with Gasteiger partial charge < -0.3 is 19.6 Å². The summed E-state index contributed by atoms with van der Waals surface area (Å²) in [5, 5.41) is 9.27. The smallest absolute Gasteiger partial charge is 0.217 e. The number of carbonyl (C=O) groups excluding carboxylic acids is 2. The Bertz CT molecular complexity index is 1240. The molecule has 0 spiro atoms. The third-order valence-electron chi connectivity index (χ3n) is 6.61. The van der Waals surface area contributed by atoms with E-state index in [1.165, 1.54) is 22.9 Å². The third kappa shape index (κ3) is 5.67. The number of amides is 1. The average Bonchev–Trinajstić information content (AvgIpc) is 3.53. The zero-order valence-electron chi connectivity index (χ0n) is 20.8. The predicted molar refractivity (Wildman–Crippen MR) is 136 cm³/mol. The number of Topliss-reactive ketones (excluding diaryl/α,β-unsaturated/α-hetero) is 1. The molecular formula is C26H33N5O3S. The Hall–Kier alpha value is -2.91. The van der Waals surface area contributed by atoms with Crippen molar-refractivity contribution >= 4 is 23.5 Å². The van der Waals surface area contributed by atoms with Crippen LogP contribution in [-0.2, 0) is 22.5 Å². The van der Waals surface area contributed by atoms with Crippen LogP contribution in [0.15, 0.2) is 29.4 Å². The van der Waals surface area contributed by atoms with Crippen LogP contribution in [0.3, 0.4) is 0 Å². The van der Waals surface area contributed by atoms with Gasteiger partial charge in [0.2, 0.25) is 5.91 Å². The number of ketones is 1. The van der Waals surface area contributed by atoms with Gasteiger partial charge in [-0.05, 0) is 69.9 Å². The topological polar surface area (TPSA) is 105 Å². The van der Waals surface area contributed by atoms with Crippen LogP contribution in [0.2, 0.25) is 0 Å². The van der Waals surface area contributed by atoms with Crippen molar-refractivity contribution in [3.63, 3.8) is 0 Å². The highest BCUT2D eigenvalue weighted by Gasteiger charge is 2.23. The van der Waals surface area contributed by atoms with E-state index in [1.807, 2.05) is 24.5 Å². The highest BCUT2D eigenvalue weighted by Crippen LogP contribution is 2.26. The molecule has 8 nitrogen and oxygen atoms in total. The first-order valence-corrected chi connectivity index (χ1v) is 13.0. The molecule has 4 rings (SSSR count). The van der Waals surface area contributed by atoms with Crippen LogP contribution in [0.25, 0.3) is 5.69 Å². The molecule has 35 heavy (non-hydrogen) atoms. The van der Waals surface area contributed by atoms with Crippen LogP contribution in [0.1, 0.15) is 58.0 Å². The normalized spacial score (nSPS) is 15.6. The number of thioether (sulfide) groups is 1. The lowest BCUT2D eigenvalue weighted by molar-refractivity contribution is -0.118. The first-order valence-electron chi connectivity index (χ1n) is 12.0. The lowest BCUT2D eigenvalue weighted by Crippen LogP contribution is -2.19. The van der Waals surface area contributed by atoms with Gasteiger partial charge in [0, 0.05) is 42.1 Å². The van der Waals surface area contributed by atoms with Gasteiger partial charge in [-0.25, -0.2) is 0 Å². The van der Waals surface area contributed by atoms with Gasteiger partial charge in [0.25, 0.3) is 0 Å². The molecule has 0 saturated carbocycles. The molecule has 3 aromatic rings. The van der Waals surface area contributed by atoms with Crippen molar-refractivity contribution in [2.45, 2.75) is 71.2 Å². The molecule has 1 atom stereocenters. The van der Waals surface area contributed by atoms with Crippen molar-refractivity contribution in [2.75, 3.05) is 12.4 Å². The first-order chi connectivity index (χ1) is 16.7. The molecule has 0 aliphatic carbocycles. The summed E-state index contributed by atoms with van der Waals surface area (Å²) in [5.41, 5.74) is 11.5. The Morgan fingerprint density at radius 2 is 1.94 bits per heavy atom. The van der Waals surface area contributed by atoms with Crippen molar-refractivity contribution in [3.8, 4) is 5.69 Å². The van der Waals surface area contributed by atoms with Gasteiger partial charge in [-0.1, -0.05) is 17.8 Å². The fourth-order valence-electron chi connectivity index (χ4n) is 4.54. The number of nitrogens with zero attached hydrogens (tertiary/aromatic N) is 4. The molecule has 1 aromatic carbocycles. The van der Waals surface area contributed by atoms with Gasteiger partial charge in [0.05, 0.1) is 18.4 Å². The quantitative estimate of drug-likeness (QED) is 0.338. The number of aromatic nitrogens is 4. The highest BCUT2D eigenvalue weighted by molar-refractivity contribution is 7.99. The van der Waals surface area contributed by atoms with Crippen molar-refractivity contribution in [2.24, 2.45) is 5.73 Å². The number of rotatable bonds is 10. The van der Waals surface area contributed by atoms with Gasteiger partial charge >= 0.3 is 0 Å². The summed E-state index contributed by atoms with van der Waals surface area (Å²) >= 11 is 1.37. The molecule has 0 radical (unpaired) electrons. The number of primary amides is 1. The highest BCUT2D eigenvalue weighted by atomic mass is 32.2. The van der Waals surface area contributed by atoms with E-state index < -0.39 is 0 Å². The number of benzene rings is 1. The Morgan fingerprint density at radius 1 is 1.14 bits per heavy atom. The van der Waals surface area contributed by atoms with E-state index in [2.05, 4.69) is 46.8 Å². The largest absolute Gasteiger partial charge is 0.376 e. The molecule has 9 heteroatoms. The summed E-state index contributed by atoms with van der Waals surface area (Å²) in [4.78, 5) is 24.6. The summed E-state index contributed by atoms with van der Waals surface area (Å²) in [6, 6.07) is 8.31. The Balaban J connectivity index is 1.52. The molecule has 2 aromatic heterocycles. The Kier molecular flexibility index (Phi) is 7.76. The maximum atomic E-state index is 13.3. The summed E-state index contributed by atoms with van der Waals surface area (Å²) in [6.07, 6.45) is 2.71. The van der Waals surface area contributed by atoms with E-state index in [0.29, 0.717) is 29.5 Å². The van der Waals surface area contributed by atoms with Crippen LogP contribution in [0.4, 0.5) is 0 Å². The Labute approximate surface area is 210 Å². The fourth-order valence-corrected chi connectivity index (χ4v) is 5.39. The van der Waals surface area contributed by atoms with E-state index in [1.54, 1.807) is 0 Å². The maximum Gasteiger partial charge on any atom is 0.217 e. The monoisotopic (exact) mass is 495 g/mol. The predicted octanol–water partition coefficient (Wildman–Crippen LogP) is 3.87. The van der Waals surface area contributed by atoms with E-state index in [4.69, 9.17) is 10.5 Å². The number of ether oxygens (including phenoxy) is 1. The average molecular weight is 496 g/mol. The molecule has 1 aliphatic heterocycles. The minimum atomic E-state index is -0.375. The van der Waals surface area contributed by atoms with Gasteiger partial charge in [-0.15, -0.1) is 10.2 Å². The summed E-state index contributed by atoms with van der Waals surface area (Å²) in [7, 11) is 0. The van der Waals surface area contributed by atoms with Crippen LogP contribution in [-0.4, -0.2) is 49.5 Å². The van der Waals surface area contributed by atoms with Crippen LogP contribution < -0.4 is 5.73 Å². The van der Waals surface area contributed by atoms with Gasteiger partial charge in [0.1, 0.15) is 5.82 Å². The van der Waals surface area contributed by atoms with E-state index in [0.717, 1.165) is 36.5 Å². The Morgan fingerprint density at radius 3 is 2.63 bits per heavy atom. The molecule has 186 valence electrons.